The number of fused-ring (bicyclic) bond motifs is 1. The average Bonchev–Trinajstić information content (AvgIpc) is 3.16. The van der Waals surface area contributed by atoms with Crippen LogP contribution in [0.2, 0.25) is 0 Å². The predicted octanol–water partition coefficient (Wildman–Crippen LogP) is 2.72. The maximum absolute atomic E-state index is 12.2. The van der Waals surface area contributed by atoms with Crippen LogP contribution in [-0.4, -0.2) is 76.1 Å². The Labute approximate surface area is 230 Å². The van der Waals surface area contributed by atoms with Crippen LogP contribution in [0, 0.1) is 0 Å². The molecule has 3 heterocycles. The molecule has 1 atom stereocenters. The minimum atomic E-state index is -0.984. The molecule has 1 unspecified atom stereocenters. The first-order chi connectivity index (χ1) is 19.2. The molecule has 0 bridgehead atoms. The number of phenols is 1. The first-order valence-corrected chi connectivity index (χ1v) is 13.5. The highest BCUT2D eigenvalue weighted by molar-refractivity contribution is 6.23. The van der Waals surface area contributed by atoms with Gasteiger partial charge in [0.1, 0.15) is 11.8 Å². The van der Waals surface area contributed by atoms with Gasteiger partial charge in [-0.2, -0.15) is 0 Å². The van der Waals surface area contributed by atoms with E-state index in [9.17, 15) is 29.1 Å². The van der Waals surface area contributed by atoms with Crippen LogP contribution in [0.3, 0.4) is 0 Å². The standard InChI is InChI=1S/C16H21NO3.C13H10N2O5/c18-16(19)12-4-6-13(7-5-12)17-10-8-15(9-11-17)20-14-2-1-3-14;16-6-1-2-7-8(5-6)13(20)15(12(7)19)9-3-4-10(17)14-11(9)18/h4-7,14-15H,1-3,8-11H2,(H,18,19);1-2,5,9,16H,3-4H2,(H,14,17,18). The predicted molar refractivity (Wildman–Crippen MR) is 142 cm³/mol. The molecule has 4 aliphatic rings. The molecule has 4 amide bonds. The van der Waals surface area contributed by atoms with Gasteiger partial charge in [0.2, 0.25) is 11.8 Å². The van der Waals surface area contributed by atoms with Gasteiger partial charge in [-0.1, -0.05) is 0 Å². The van der Waals surface area contributed by atoms with Crippen molar-refractivity contribution in [3.05, 3.63) is 59.2 Å². The number of rotatable bonds is 5. The monoisotopic (exact) mass is 549 g/mol. The minimum absolute atomic E-state index is 0.0692. The summed E-state index contributed by atoms with van der Waals surface area (Å²) in [5.41, 5.74) is 1.67. The van der Waals surface area contributed by atoms with Gasteiger partial charge in [0.25, 0.3) is 11.8 Å². The number of hydrogen-bond donors (Lipinski definition) is 3. The highest BCUT2D eigenvalue weighted by atomic mass is 16.5. The third-order valence-corrected chi connectivity index (χ3v) is 7.78. The minimum Gasteiger partial charge on any atom is -0.508 e. The topological polar surface area (TPSA) is 154 Å². The van der Waals surface area contributed by atoms with Crippen LogP contribution in [0.1, 0.15) is 76.0 Å². The number of carbonyl (C=O) groups excluding carboxylic acids is 4. The van der Waals surface area contributed by atoms with Crippen molar-refractivity contribution < 1.29 is 38.9 Å². The average molecular weight is 550 g/mol. The van der Waals surface area contributed by atoms with Crippen molar-refractivity contribution >= 4 is 35.3 Å². The van der Waals surface area contributed by atoms with Crippen molar-refractivity contribution in [2.45, 2.75) is 63.2 Å². The molecule has 11 nitrogen and oxygen atoms in total. The number of nitrogens with zero attached hydrogens (tertiary/aromatic N) is 2. The number of hydrogen-bond acceptors (Lipinski definition) is 8. The van der Waals surface area contributed by atoms with Crippen molar-refractivity contribution in [1.29, 1.82) is 0 Å². The molecule has 2 aromatic carbocycles. The summed E-state index contributed by atoms with van der Waals surface area (Å²) in [5.74, 6) is -3.28. The molecule has 0 radical (unpaired) electrons. The lowest BCUT2D eigenvalue weighted by molar-refractivity contribution is -0.136. The zero-order valence-corrected chi connectivity index (χ0v) is 21.9. The summed E-state index contributed by atoms with van der Waals surface area (Å²) in [5, 5.41) is 20.4. The van der Waals surface area contributed by atoms with E-state index in [1.54, 1.807) is 12.1 Å². The van der Waals surface area contributed by atoms with Gasteiger partial charge in [-0.25, -0.2) is 4.79 Å². The smallest absolute Gasteiger partial charge is 0.335 e. The molecule has 3 N–H and O–H groups in total. The van der Waals surface area contributed by atoms with E-state index in [-0.39, 0.29) is 29.7 Å². The number of anilines is 1. The lowest BCUT2D eigenvalue weighted by atomic mass is 9.95. The highest BCUT2D eigenvalue weighted by Crippen LogP contribution is 2.30. The van der Waals surface area contributed by atoms with Crippen LogP contribution in [0.4, 0.5) is 5.69 Å². The third-order valence-electron chi connectivity index (χ3n) is 7.78. The normalized spacial score (nSPS) is 21.4. The van der Waals surface area contributed by atoms with Crippen molar-refractivity contribution in [1.82, 2.24) is 10.2 Å². The number of amides is 4. The molecule has 2 aromatic rings. The van der Waals surface area contributed by atoms with Crippen molar-refractivity contribution in [2.75, 3.05) is 18.0 Å². The van der Waals surface area contributed by atoms with Crippen LogP contribution in [-0.2, 0) is 14.3 Å². The summed E-state index contributed by atoms with van der Waals surface area (Å²) in [6, 6.07) is 10.0. The number of nitrogens with one attached hydrogen (secondary N) is 1. The maximum atomic E-state index is 12.2. The lowest BCUT2D eigenvalue weighted by Gasteiger charge is -2.37. The summed E-state index contributed by atoms with van der Waals surface area (Å²) in [7, 11) is 0. The van der Waals surface area contributed by atoms with Crippen molar-refractivity contribution in [3.63, 3.8) is 0 Å². The van der Waals surface area contributed by atoms with E-state index in [0.29, 0.717) is 17.8 Å². The van der Waals surface area contributed by atoms with Gasteiger partial charge < -0.3 is 19.8 Å². The van der Waals surface area contributed by atoms with E-state index in [0.717, 1.165) is 36.5 Å². The summed E-state index contributed by atoms with van der Waals surface area (Å²) in [6.45, 7) is 1.98. The molecule has 3 fully saturated rings. The SMILES string of the molecule is O=C(O)c1ccc(N2CCC(OC3CCC3)CC2)cc1.O=C1CCC(N2C(=O)c3ccc(O)cc3C2=O)C(=O)N1. The number of carboxylic acids is 1. The van der Waals surface area contributed by atoms with Gasteiger partial charge in [0.05, 0.1) is 28.9 Å². The van der Waals surface area contributed by atoms with Crippen LogP contribution in [0.25, 0.3) is 0 Å². The zero-order chi connectivity index (χ0) is 28.4. The van der Waals surface area contributed by atoms with E-state index in [1.807, 2.05) is 12.1 Å². The lowest BCUT2D eigenvalue weighted by Crippen LogP contribution is -2.54. The Morgan fingerprint density at radius 2 is 1.50 bits per heavy atom. The second kappa shape index (κ2) is 11.5. The van der Waals surface area contributed by atoms with Gasteiger partial charge in [-0.15, -0.1) is 0 Å². The molecule has 11 heteroatoms. The fourth-order valence-electron chi connectivity index (χ4n) is 5.30. The second-order valence-electron chi connectivity index (χ2n) is 10.4. The number of ether oxygens (including phenoxy) is 1. The highest BCUT2D eigenvalue weighted by Gasteiger charge is 2.44. The van der Waals surface area contributed by atoms with Crippen molar-refractivity contribution in [2.24, 2.45) is 0 Å². The molecule has 6 rings (SSSR count). The Bertz CT molecular complexity index is 1330. The molecular weight excluding hydrogens is 518 g/mol. The summed E-state index contributed by atoms with van der Waals surface area (Å²) < 4.78 is 6.06. The molecule has 40 heavy (non-hydrogen) atoms. The fraction of sp³-hybridized carbons (Fsp3) is 0.414. The van der Waals surface area contributed by atoms with Crippen LogP contribution < -0.4 is 10.2 Å². The van der Waals surface area contributed by atoms with E-state index >= 15 is 0 Å². The quantitative estimate of drug-likeness (QED) is 0.478. The molecule has 0 aromatic heterocycles. The van der Waals surface area contributed by atoms with E-state index < -0.39 is 35.6 Å². The van der Waals surface area contributed by atoms with Gasteiger partial charge in [-0.05, 0) is 81.0 Å². The number of phenolic OH excluding ortho intramolecular Hbond substituents is 1. The third kappa shape index (κ3) is 5.69. The largest absolute Gasteiger partial charge is 0.508 e. The molecule has 210 valence electrons. The van der Waals surface area contributed by atoms with Gasteiger partial charge in [0, 0.05) is 25.2 Å². The van der Waals surface area contributed by atoms with Gasteiger partial charge in [-0.3, -0.25) is 29.4 Å². The van der Waals surface area contributed by atoms with Crippen LogP contribution >= 0.6 is 0 Å². The van der Waals surface area contributed by atoms with Crippen molar-refractivity contribution in [3.8, 4) is 5.75 Å². The first kappa shape index (κ1) is 27.3. The molecular formula is C29H31N3O8. The Hall–Kier alpha value is -4.25. The van der Waals surface area contributed by atoms with Gasteiger partial charge >= 0.3 is 5.97 Å². The number of imide groups is 2. The molecule has 1 aliphatic carbocycles. The fourth-order valence-corrected chi connectivity index (χ4v) is 5.30. The van der Waals surface area contributed by atoms with Crippen LogP contribution in [0.15, 0.2) is 42.5 Å². The summed E-state index contributed by atoms with van der Waals surface area (Å²) in [6.07, 6.45) is 7.04. The molecule has 1 saturated carbocycles. The Morgan fingerprint density at radius 1 is 0.850 bits per heavy atom. The Kier molecular flexibility index (Phi) is 7.83. The number of carbonyl (C=O) groups is 5. The number of carboxylic acid groups (broad SMARTS) is 1. The van der Waals surface area contributed by atoms with E-state index in [2.05, 4.69) is 10.2 Å². The van der Waals surface area contributed by atoms with E-state index in [1.165, 1.54) is 37.5 Å². The Balaban J connectivity index is 0.000000161. The summed E-state index contributed by atoms with van der Waals surface area (Å²) in [4.78, 5) is 61.3. The second-order valence-corrected chi connectivity index (χ2v) is 10.4. The number of aromatic hydroxyl groups is 1. The summed E-state index contributed by atoms with van der Waals surface area (Å²) >= 11 is 0. The molecule has 2 saturated heterocycles. The van der Waals surface area contributed by atoms with E-state index in [4.69, 9.17) is 9.84 Å². The maximum Gasteiger partial charge on any atom is 0.335 e. The number of benzene rings is 2. The van der Waals surface area contributed by atoms with Crippen LogP contribution in [0.5, 0.6) is 5.75 Å². The molecule has 0 spiro atoms. The number of piperidine rings is 2. The number of aromatic carboxylic acids is 1. The first-order valence-electron chi connectivity index (χ1n) is 13.5. The Morgan fingerprint density at radius 3 is 2.10 bits per heavy atom. The molecule has 3 aliphatic heterocycles. The van der Waals surface area contributed by atoms with Gasteiger partial charge in [0.15, 0.2) is 0 Å². The zero-order valence-electron chi connectivity index (χ0n) is 21.9.